The number of amides is 2. The summed E-state index contributed by atoms with van der Waals surface area (Å²) in [6.07, 6.45) is -2.01. The van der Waals surface area contributed by atoms with E-state index in [1.54, 1.807) is 18.4 Å². The van der Waals surface area contributed by atoms with E-state index in [4.69, 9.17) is 23.2 Å². The van der Waals surface area contributed by atoms with E-state index in [0.29, 0.717) is 17.1 Å². The molecule has 0 fully saturated rings. The van der Waals surface area contributed by atoms with Crippen LogP contribution in [0.4, 0.5) is 24.5 Å². The molecule has 0 aliphatic heterocycles. The average Bonchev–Trinajstić information content (AvgIpc) is 2.96. The van der Waals surface area contributed by atoms with Crippen molar-refractivity contribution < 1.29 is 22.8 Å². The fraction of sp³-hybridized carbons (Fsp3) is 0.300. The number of aliphatic imine (C=N–C) groups is 1. The second kappa shape index (κ2) is 15.3. The molecule has 3 aromatic carbocycles. The van der Waals surface area contributed by atoms with E-state index >= 15 is 0 Å². The Kier molecular flexibility index (Phi) is 12.1. The molecule has 2 amide bonds. The summed E-state index contributed by atoms with van der Waals surface area (Å²) in [5.41, 5.74) is 0.616. The number of thioether (sulfide) groups is 1. The maximum Gasteiger partial charge on any atom is 0.416 e. The van der Waals surface area contributed by atoms with Crippen molar-refractivity contribution in [2.24, 2.45) is 10.9 Å². The van der Waals surface area contributed by atoms with Gasteiger partial charge in [0.05, 0.1) is 15.6 Å². The molecule has 0 radical (unpaired) electrons. The van der Waals surface area contributed by atoms with Gasteiger partial charge >= 0.3 is 6.18 Å². The van der Waals surface area contributed by atoms with Crippen LogP contribution in [-0.2, 0) is 22.2 Å². The zero-order valence-corrected chi connectivity index (χ0v) is 25.5. The number of rotatable bonds is 10. The van der Waals surface area contributed by atoms with Crippen molar-refractivity contribution >= 4 is 63.3 Å². The van der Waals surface area contributed by atoms with Gasteiger partial charge in [-0.2, -0.15) is 13.2 Å². The number of hydrogen-bond acceptors (Lipinski definition) is 4. The number of carbonyl (C=O) groups is 2. The lowest BCUT2D eigenvalue weighted by Gasteiger charge is -2.24. The topological polar surface area (TPSA) is 82.6 Å². The molecular weight excluding hydrogens is 608 g/mol. The lowest BCUT2D eigenvalue weighted by atomic mass is 9.98. The van der Waals surface area contributed by atoms with Crippen LogP contribution in [0.1, 0.15) is 31.4 Å². The number of amidine groups is 1. The van der Waals surface area contributed by atoms with E-state index in [1.165, 1.54) is 18.2 Å². The van der Waals surface area contributed by atoms with Crippen molar-refractivity contribution in [1.29, 1.82) is 0 Å². The van der Waals surface area contributed by atoms with E-state index in [1.807, 2.05) is 44.2 Å². The van der Waals surface area contributed by atoms with Gasteiger partial charge in [0.25, 0.3) is 0 Å². The normalized spacial score (nSPS) is 14.0. The number of anilines is 2. The van der Waals surface area contributed by atoms with Crippen LogP contribution < -0.4 is 16.0 Å². The Morgan fingerprint density at radius 2 is 1.60 bits per heavy atom. The second-order valence-corrected chi connectivity index (χ2v) is 11.2. The van der Waals surface area contributed by atoms with Gasteiger partial charge in [-0.1, -0.05) is 91.6 Å². The molecule has 42 heavy (non-hydrogen) atoms. The highest BCUT2D eigenvalue weighted by Gasteiger charge is 2.31. The first-order chi connectivity index (χ1) is 19.9. The second-order valence-electron chi connectivity index (χ2n) is 9.54. The van der Waals surface area contributed by atoms with Gasteiger partial charge in [0, 0.05) is 17.8 Å². The molecule has 3 aromatic rings. The SMILES string of the molecule is CC[C@H](C)[C@H](N=C(Nc1cccc(C(F)(F)F)c1)SC)C(=O)N[C@H](Cc1ccccc1)C(=O)Nc1ccc(Cl)c(Cl)c1. The molecule has 3 atom stereocenters. The van der Waals surface area contributed by atoms with E-state index in [0.717, 1.165) is 29.5 Å². The van der Waals surface area contributed by atoms with E-state index in [2.05, 4.69) is 20.9 Å². The summed E-state index contributed by atoms with van der Waals surface area (Å²) in [5.74, 6) is -1.21. The van der Waals surface area contributed by atoms with Gasteiger partial charge in [0.2, 0.25) is 11.8 Å². The number of hydrogen-bond donors (Lipinski definition) is 3. The van der Waals surface area contributed by atoms with Crippen molar-refractivity contribution in [3.8, 4) is 0 Å². The van der Waals surface area contributed by atoms with Crippen LogP contribution in [0, 0.1) is 5.92 Å². The molecule has 6 nitrogen and oxygen atoms in total. The van der Waals surface area contributed by atoms with Gasteiger partial charge in [-0.05, 0) is 54.1 Å². The maximum atomic E-state index is 13.7. The first-order valence-electron chi connectivity index (χ1n) is 13.1. The predicted molar refractivity (Wildman–Crippen MR) is 166 cm³/mol. The van der Waals surface area contributed by atoms with Crippen molar-refractivity contribution in [2.45, 2.75) is 44.9 Å². The monoisotopic (exact) mass is 638 g/mol. The molecule has 0 heterocycles. The van der Waals surface area contributed by atoms with Crippen molar-refractivity contribution in [2.75, 3.05) is 16.9 Å². The highest BCUT2D eigenvalue weighted by molar-refractivity contribution is 8.13. The number of carbonyl (C=O) groups excluding carboxylic acids is 2. The Morgan fingerprint density at radius 1 is 0.905 bits per heavy atom. The van der Waals surface area contributed by atoms with E-state index in [-0.39, 0.29) is 28.2 Å². The lowest BCUT2D eigenvalue weighted by Crippen LogP contribution is -2.49. The summed E-state index contributed by atoms with van der Waals surface area (Å²) in [7, 11) is 0. The molecule has 0 aliphatic carbocycles. The van der Waals surface area contributed by atoms with Crippen LogP contribution in [-0.4, -0.2) is 35.3 Å². The minimum Gasteiger partial charge on any atom is -0.342 e. The quantitative estimate of drug-likeness (QED) is 0.156. The van der Waals surface area contributed by atoms with Gasteiger partial charge in [0.15, 0.2) is 5.17 Å². The Labute approximate surface area is 257 Å². The number of halogens is 5. The van der Waals surface area contributed by atoms with Crippen LogP contribution in [0.2, 0.25) is 10.0 Å². The standard InChI is InChI=1S/C30H31Cl2F3N4O2S/c1-4-18(2)26(39-29(42-3)37-21-12-8-11-20(16-21)30(33,34)35)28(41)38-25(15-19-9-6-5-7-10-19)27(40)36-22-13-14-23(31)24(32)17-22/h5-14,16-18,25-26H,4,15H2,1-3H3,(H,36,40)(H,37,39)(H,38,41)/t18-,25+,26-/m0/s1. The molecule has 0 spiro atoms. The summed E-state index contributed by atoms with van der Waals surface area (Å²) >= 11 is 13.3. The third kappa shape index (κ3) is 9.68. The Morgan fingerprint density at radius 3 is 2.21 bits per heavy atom. The van der Waals surface area contributed by atoms with Gasteiger partial charge in [-0.25, -0.2) is 4.99 Å². The van der Waals surface area contributed by atoms with Crippen molar-refractivity contribution in [3.05, 3.63) is 94.0 Å². The Hall–Kier alpha value is -3.21. The maximum absolute atomic E-state index is 13.7. The number of alkyl halides is 3. The summed E-state index contributed by atoms with van der Waals surface area (Å²) in [6.45, 7) is 3.75. The highest BCUT2D eigenvalue weighted by Crippen LogP contribution is 2.31. The zero-order chi connectivity index (χ0) is 30.9. The first-order valence-corrected chi connectivity index (χ1v) is 15.1. The van der Waals surface area contributed by atoms with Crippen LogP contribution >= 0.6 is 35.0 Å². The van der Waals surface area contributed by atoms with Crippen LogP contribution in [0.25, 0.3) is 0 Å². The summed E-state index contributed by atoms with van der Waals surface area (Å²) in [6, 6.07) is 16.7. The average molecular weight is 640 g/mol. The van der Waals surface area contributed by atoms with Gasteiger partial charge < -0.3 is 16.0 Å². The number of nitrogens with one attached hydrogen (secondary N) is 3. The summed E-state index contributed by atoms with van der Waals surface area (Å²) in [4.78, 5) is 31.7. The minimum atomic E-state index is -4.50. The molecule has 0 saturated carbocycles. The Bertz CT molecular complexity index is 1410. The highest BCUT2D eigenvalue weighted by atomic mass is 35.5. The van der Waals surface area contributed by atoms with Gasteiger partial charge in [-0.15, -0.1) is 0 Å². The lowest BCUT2D eigenvalue weighted by molar-refractivity contribution is -0.137. The summed E-state index contributed by atoms with van der Waals surface area (Å²) in [5, 5.41) is 9.38. The first kappa shape index (κ1) is 33.3. The fourth-order valence-electron chi connectivity index (χ4n) is 3.95. The largest absolute Gasteiger partial charge is 0.416 e. The molecule has 12 heteroatoms. The molecular formula is C30H31Cl2F3N4O2S. The zero-order valence-electron chi connectivity index (χ0n) is 23.1. The van der Waals surface area contributed by atoms with Crippen molar-refractivity contribution in [3.63, 3.8) is 0 Å². The Balaban J connectivity index is 1.87. The third-order valence-corrected chi connectivity index (χ3v) is 7.78. The molecule has 0 aromatic heterocycles. The predicted octanol–water partition coefficient (Wildman–Crippen LogP) is 7.92. The molecule has 224 valence electrons. The van der Waals surface area contributed by atoms with Crippen molar-refractivity contribution in [1.82, 2.24) is 5.32 Å². The van der Waals surface area contributed by atoms with Crippen LogP contribution in [0.3, 0.4) is 0 Å². The third-order valence-electron chi connectivity index (χ3n) is 6.45. The van der Waals surface area contributed by atoms with Gasteiger partial charge in [-0.3, -0.25) is 9.59 Å². The number of nitrogens with zero attached hydrogens (tertiary/aromatic N) is 1. The molecule has 3 N–H and O–H groups in total. The van der Waals surface area contributed by atoms with Gasteiger partial charge in [0.1, 0.15) is 12.1 Å². The van der Waals surface area contributed by atoms with E-state index < -0.39 is 35.6 Å². The molecule has 0 unspecified atom stereocenters. The molecule has 0 saturated heterocycles. The molecule has 0 bridgehead atoms. The minimum absolute atomic E-state index is 0.184. The number of benzene rings is 3. The molecule has 0 aliphatic rings. The smallest absolute Gasteiger partial charge is 0.342 e. The van der Waals surface area contributed by atoms with Crippen LogP contribution in [0.15, 0.2) is 77.8 Å². The summed E-state index contributed by atoms with van der Waals surface area (Å²) < 4.78 is 39.6. The van der Waals surface area contributed by atoms with Crippen LogP contribution in [0.5, 0.6) is 0 Å². The van der Waals surface area contributed by atoms with E-state index in [9.17, 15) is 22.8 Å². The molecule has 3 rings (SSSR count). The fourth-order valence-corrected chi connectivity index (χ4v) is 4.68.